The molecule has 32 heavy (non-hydrogen) atoms. The number of fused-ring (bicyclic) bond motifs is 2. The second-order valence-corrected chi connectivity index (χ2v) is 9.12. The van der Waals surface area contributed by atoms with Crippen LogP contribution in [0.4, 0.5) is 4.39 Å². The number of ether oxygens (including phenoxy) is 2. The van der Waals surface area contributed by atoms with Crippen LogP contribution >= 0.6 is 11.6 Å². The number of nitrogens with one attached hydrogen (secondary N) is 1. The second kappa shape index (κ2) is 7.66. The first-order valence-electron chi connectivity index (χ1n) is 10.8. The van der Waals surface area contributed by atoms with E-state index in [2.05, 4.69) is 34.6 Å². The molecule has 7 heteroatoms. The van der Waals surface area contributed by atoms with E-state index < -0.39 is 0 Å². The Hall–Kier alpha value is -2.80. The van der Waals surface area contributed by atoms with Crippen molar-refractivity contribution in [1.82, 2.24) is 14.8 Å². The Bertz CT molecular complexity index is 1260. The highest BCUT2D eigenvalue weighted by Crippen LogP contribution is 2.35. The Morgan fingerprint density at radius 3 is 2.84 bits per heavy atom. The molecule has 1 N–H and O–H groups in total. The summed E-state index contributed by atoms with van der Waals surface area (Å²) in [6, 6.07) is 10.8. The lowest BCUT2D eigenvalue weighted by atomic mass is 9.93. The number of hydrogen-bond donors (Lipinski definition) is 1. The van der Waals surface area contributed by atoms with Gasteiger partial charge in [0, 0.05) is 48.7 Å². The Balaban J connectivity index is 1.28. The highest BCUT2D eigenvalue weighted by molar-refractivity contribution is 6.32. The van der Waals surface area contributed by atoms with Crippen molar-refractivity contribution in [2.24, 2.45) is 0 Å². The van der Waals surface area contributed by atoms with Crippen LogP contribution in [0.1, 0.15) is 5.56 Å². The van der Waals surface area contributed by atoms with Crippen molar-refractivity contribution in [3.8, 4) is 11.4 Å². The fraction of sp³-hybridized carbons (Fsp3) is 0.280. The molecule has 1 fully saturated rings. The molecule has 0 unspecified atom stereocenters. The predicted molar refractivity (Wildman–Crippen MR) is 123 cm³/mol. The van der Waals surface area contributed by atoms with Gasteiger partial charge in [0.25, 0.3) is 0 Å². The van der Waals surface area contributed by atoms with Crippen LogP contribution in [0.3, 0.4) is 0 Å². The van der Waals surface area contributed by atoms with E-state index in [1.54, 1.807) is 12.1 Å². The molecule has 0 bridgehead atoms. The van der Waals surface area contributed by atoms with Crippen molar-refractivity contribution >= 4 is 22.5 Å². The Kier molecular flexibility index (Phi) is 4.75. The van der Waals surface area contributed by atoms with Gasteiger partial charge in [-0.05, 0) is 42.0 Å². The molecule has 3 aromatic rings. The molecule has 0 aliphatic carbocycles. The summed E-state index contributed by atoms with van der Waals surface area (Å²) >= 11 is 6.65. The van der Waals surface area contributed by atoms with Crippen molar-refractivity contribution in [3.63, 3.8) is 0 Å². The first-order valence-corrected chi connectivity index (χ1v) is 11.1. The lowest BCUT2D eigenvalue weighted by molar-refractivity contribution is -0.0422. The van der Waals surface area contributed by atoms with Crippen molar-refractivity contribution in [3.05, 3.63) is 82.9 Å². The zero-order valence-electron chi connectivity index (χ0n) is 17.5. The van der Waals surface area contributed by atoms with Crippen molar-refractivity contribution in [2.75, 3.05) is 32.9 Å². The monoisotopic (exact) mass is 451 g/mol. The highest BCUT2D eigenvalue weighted by Gasteiger charge is 2.36. The SMILES string of the molecule is Fc1ccc2c(ccn2-c2cc(Cl)c3c(c2)CN(CC2=CNC4(C=C2)COC4)CCO3)c1. The van der Waals surface area contributed by atoms with Gasteiger partial charge in [0.1, 0.15) is 23.7 Å². The second-order valence-electron chi connectivity index (χ2n) is 8.71. The fourth-order valence-electron chi connectivity index (χ4n) is 4.58. The van der Waals surface area contributed by atoms with Crippen LogP contribution < -0.4 is 10.1 Å². The van der Waals surface area contributed by atoms with Crippen LogP contribution in [0.2, 0.25) is 5.02 Å². The summed E-state index contributed by atoms with van der Waals surface area (Å²) in [6.45, 7) is 4.39. The summed E-state index contributed by atoms with van der Waals surface area (Å²) in [6.07, 6.45) is 8.45. The quantitative estimate of drug-likeness (QED) is 0.639. The summed E-state index contributed by atoms with van der Waals surface area (Å²) in [5.41, 5.74) is 4.14. The van der Waals surface area contributed by atoms with E-state index >= 15 is 0 Å². The largest absolute Gasteiger partial charge is 0.490 e. The number of dihydropyridines is 1. The first-order chi connectivity index (χ1) is 15.6. The third kappa shape index (κ3) is 3.48. The Labute approximate surface area is 190 Å². The minimum absolute atomic E-state index is 0.0110. The zero-order valence-corrected chi connectivity index (χ0v) is 18.2. The molecular weight excluding hydrogens is 429 g/mol. The maximum absolute atomic E-state index is 13.6. The number of nitrogens with zero attached hydrogens (tertiary/aromatic N) is 2. The summed E-state index contributed by atoms with van der Waals surface area (Å²) < 4.78 is 27.0. The van der Waals surface area contributed by atoms with Gasteiger partial charge in [-0.1, -0.05) is 23.8 Å². The lowest BCUT2D eigenvalue weighted by Crippen LogP contribution is -2.58. The van der Waals surface area contributed by atoms with Crippen LogP contribution in [0.5, 0.6) is 5.75 Å². The van der Waals surface area contributed by atoms with E-state index in [-0.39, 0.29) is 11.4 Å². The van der Waals surface area contributed by atoms with Gasteiger partial charge in [-0.3, -0.25) is 4.90 Å². The summed E-state index contributed by atoms with van der Waals surface area (Å²) in [5, 5.41) is 4.93. The third-order valence-corrected chi connectivity index (χ3v) is 6.65. The predicted octanol–water partition coefficient (Wildman–Crippen LogP) is 4.43. The van der Waals surface area contributed by atoms with Crippen LogP contribution in [-0.2, 0) is 11.3 Å². The van der Waals surface area contributed by atoms with E-state index in [0.29, 0.717) is 11.6 Å². The minimum Gasteiger partial charge on any atom is -0.490 e. The number of hydrogen-bond acceptors (Lipinski definition) is 4. The van der Waals surface area contributed by atoms with Crippen LogP contribution in [0.15, 0.2) is 66.5 Å². The molecule has 0 amide bonds. The van der Waals surface area contributed by atoms with Gasteiger partial charge in [-0.15, -0.1) is 0 Å². The van der Waals surface area contributed by atoms with Crippen molar-refractivity contribution < 1.29 is 13.9 Å². The molecule has 0 saturated carbocycles. The van der Waals surface area contributed by atoms with Gasteiger partial charge >= 0.3 is 0 Å². The third-order valence-electron chi connectivity index (χ3n) is 6.37. The average molecular weight is 452 g/mol. The van der Waals surface area contributed by atoms with E-state index in [4.69, 9.17) is 21.1 Å². The van der Waals surface area contributed by atoms with Gasteiger partial charge in [-0.2, -0.15) is 0 Å². The molecule has 1 aromatic heterocycles. The lowest BCUT2D eigenvalue weighted by Gasteiger charge is -2.41. The molecule has 0 atom stereocenters. The Morgan fingerprint density at radius 2 is 2.06 bits per heavy atom. The maximum atomic E-state index is 13.6. The van der Waals surface area contributed by atoms with Crippen molar-refractivity contribution in [1.29, 1.82) is 0 Å². The molecule has 5 nitrogen and oxygen atoms in total. The van der Waals surface area contributed by atoms with Gasteiger partial charge in [0.2, 0.25) is 0 Å². The standard InChI is InChI=1S/C25H23ClFN3O2/c26-22-11-21(30-6-4-18-9-20(27)1-2-23(18)30)10-19-14-29(7-8-32-24(19)22)13-17-3-5-25(28-12-17)15-31-16-25/h1-6,9-12,28H,7-8,13-16H2. The molecule has 2 aromatic carbocycles. The van der Waals surface area contributed by atoms with Crippen LogP contribution in [0.25, 0.3) is 16.6 Å². The molecular formula is C25H23ClFN3O2. The van der Waals surface area contributed by atoms with Gasteiger partial charge in [0.15, 0.2) is 0 Å². The molecule has 3 aliphatic heterocycles. The summed E-state index contributed by atoms with van der Waals surface area (Å²) in [5.74, 6) is 0.507. The molecule has 6 rings (SSSR count). The molecule has 3 aliphatic rings. The fourth-order valence-corrected chi connectivity index (χ4v) is 4.87. The van der Waals surface area contributed by atoms with Gasteiger partial charge in [0.05, 0.1) is 23.8 Å². The highest BCUT2D eigenvalue weighted by atomic mass is 35.5. The molecule has 1 saturated heterocycles. The van der Waals surface area contributed by atoms with E-state index in [0.717, 1.165) is 60.8 Å². The molecule has 164 valence electrons. The van der Waals surface area contributed by atoms with Crippen LogP contribution in [0, 0.1) is 5.82 Å². The number of benzene rings is 2. The number of halogens is 2. The zero-order chi connectivity index (χ0) is 21.7. The first kappa shape index (κ1) is 19.9. The summed E-state index contributed by atoms with van der Waals surface area (Å²) in [7, 11) is 0. The molecule has 1 spiro atoms. The number of aromatic nitrogens is 1. The van der Waals surface area contributed by atoms with Gasteiger partial charge < -0.3 is 19.4 Å². The van der Waals surface area contributed by atoms with E-state index in [1.165, 1.54) is 11.6 Å². The van der Waals surface area contributed by atoms with E-state index in [9.17, 15) is 4.39 Å². The normalized spacial score (nSPS) is 19.6. The number of rotatable bonds is 3. The molecule has 0 radical (unpaired) electrons. The summed E-state index contributed by atoms with van der Waals surface area (Å²) in [4.78, 5) is 2.36. The van der Waals surface area contributed by atoms with Crippen LogP contribution in [-0.4, -0.2) is 47.9 Å². The van der Waals surface area contributed by atoms with Gasteiger partial charge in [-0.25, -0.2) is 4.39 Å². The molecule has 4 heterocycles. The Morgan fingerprint density at radius 1 is 1.16 bits per heavy atom. The van der Waals surface area contributed by atoms with E-state index in [1.807, 2.05) is 22.9 Å². The topological polar surface area (TPSA) is 38.7 Å². The minimum atomic E-state index is -0.240. The average Bonchev–Trinajstić information content (AvgIpc) is 3.06. The maximum Gasteiger partial charge on any atom is 0.142 e. The smallest absolute Gasteiger partial charge is 0.142 e. The van der Waals surface area contributed by atoms with Crippen molar-refractivity contribution in [2.45, 2.75) is 12.1 Å².